The summed E-state index contributed by atoms with van der Waals surface area (Å²) in [6.07, 6.45) is -9.39. The predicted molar refractivity (Wildman–Crippen MR) is 69.4 cm³/mol. The fraction of sp³-hybridized carbons (Fsp3) is 0.500. The van der Waals surface area contributed by atoms with E-state index in [1.54, 1.807) is 4.98 Å². The summed E-state index contributed by atoms with van der Waals surface area (Å²) in [6.45, 7) is -0.645. The molecule has 4 atom stereocenters. The van der Waals surface area contributed by atoms with Crippen molar-refractivity contribution in [3.8, 4) is 0 Å². The Kier molecular flexibility index (Phi) is 4.75. The smallest absolute Gasteiger partial charge is 0.394 e. The first-order valence-electron chi connectivity index (χ1n) is 6.38. The van der Waals surface area contributed by atoms with E-state index in [1.165, 1.54) is 0 Å². The van der Waals surface area contributed by atoms with Crippen LogP contribution in [0.1, 0.15) is 11.8 Å². The molecule has 11 heteroatoms. The average molecular weight is 338 g/mol. The van der Waals surface area contributed by atoms with E-state index in [0.29, 0.717) is 10.6 Å². The second-order valence-corrected chi connectivity index (χ2v) is 4.85. The highest BCUT2D eigenvalue weighted by Crippen LogP contribution is 2.28. The fourth-order valence-electron chi connectivity index (χ4n) is 2.10. The molecule has 1 fully saturated rings. The Morgan fingerprint density at radius 2 is 1.96 bits per heavy atom. The number of hydrogen-bond donors (Lipinski definition) is 4. The lowest BCUT2D eigenvalue weighted by Gasteiger charge is -2.17. The highest BCUT2D eigenvalue weighted by atomic mass is 19.4. The van der Waals surface area contributed by atoms with Gasteiger partial charge < -0.3 is 20.1 Å². The van der Waals surface area contributed by atoms with Gasteiger partial charge in [0, 0.05) is 12.3 Å². The number of aliphatic hydroxyl groups is 3. The van der Waals surface area contributed by atoms with Gasteiger partial charge in [0.25, 0.3) is 5.56 Å². The molecular weight excluding hydrogens is 325 g/mol. The molecule has 0 aliphatic carbocycles. The van der Waals surface area contributed by atoms with Crippen LogP contribution in [0, 0.1) is 0 Å². The van der Waals surface area contributed by atoms with Crippen molar-refractivity contribution >= 4 is 6.08 Å². The number of nitrogens with one attached hydrogen (secondary N) is 1. The summed E-state index contributed by atoms with van der Waals surface area (Å²) in [5.74, 6) is 0. The molecule has 0 radical (unpaired) electrons. The number of rotatable bonds is 3. The number of alkyl halides is 3. The van der Waals surface area contributed by atoms with Crippen LogP contribution in [0.2, 0.25) is 0 Å². The Hall–Kier alpha value is -1.95. The van der Waals surface area contributed by atoms with Crippen molar-refractivity contribution in [1.29, 1.82) is 0 Å². The van der Waals surface area contributed by atoms with Gasteiger partial charge in [0.2, 0.25) is 0 Å². The van der Waals surface area contributed by atoms with Crippen molar-refractivity contribution in [3.63, 3.8) is 0 Å². The van der Waals surface area contributed by atoms with Crippen LogP contribution in [0.15, 0.2) is 21.9 Å². The first-order chi connectivity index (χ1) is 10.6. The van der Waals surface area contributed by atoms with E-state index in [2.05, 4.69) is 0 Å². The van der Waals surface area contributed by atoms with Gasteiger partial charge >= 0.3 is 11.9 Å². The quantitative estimate of drug-likeness (QED) is 0.544. The number of halogens is 3. The Bertz CT molecular complexity index is 710. The van der Waals surface area contributed by atoms with Crippen LogP contribution in [0.4, 0.5) is 13.2 Å². The molecule has 0 bridgehead atoms. The molecule has 128 valence electrons. The van der Waals surface area contributed by atoms with Crippen LogP contribution in [-0.4, -0.2) is 56.0 Å². The predicted octanol–water partition coefficient (Wildman–Crippen LogP) is -1.28. The third kappa shape index (κ3) is 3.69. The van der Waals surface area contributed by atoms with Gasteiger partial charge in [-0.15, -0.1) is 0 Å². The van der Waals surface area contributed by atoms with Crippen molar-refractivity contribution in [2.75, 3.05) is 6.61 Å². The SMILES string of the molecule is O=c1[nH]c(=O)n([C@@H]2O[C@H](CO)[C@@H](O)[C@@H]2O)cc1C=CC(F)(F)F. The first-order valence-corrected chi connectivity index (χ1v) is 6.38. The summed E-state index contributed by atoms with van der Waals surface area (Å²) in [4.78, 5) is 25.1. The monoisotopic (exact) mass is 338 g/mol. The number of hydrogen-bond acceptors (Lipinski definition) is 6. The van der Waals surface area contributed by atoms with E-state index in [1.807, 2.05) is 0 Å². The van der Waals surface area contributed by atoms with Crippen molar-refractivity contribution in [1.82, 2.24) is 9.55 Å². The van der Waals surface area contributed by atoms with Gasteiger partial charge in [-0.2, -0.15) is 13.2 Å². The van der Waals surface area contributed by atoms with Crippen LogP contribution < -0.4 is 11.2 Å². The van der Waals surface area contributed by atoms with Crippen molar-refractivity contribution in [2.45, 2.75) is 30.7 Å². The van der Waals surface area contributed by atoms with E-state index in [9.17, 15) is 33.0 Å². The Labute approximate surface area is 126 Å². The van der Waals surface area contributed by atoms with Gasteiger partial charge in [-0.3, -0.25) is 14.3 Å². The van der Waals surface area contributed by atoms with Gasteiger partial charge in [-0.05, 0) is 6.08 Å². The standard InChI is InChI=1S/C12H13F3N2O6/c13-12(14,15)2-1-5-3-17(11(22)16-9(5)21)10-8(20)7(19)6(4-18)23-10/h1-3,6-8,10,18-20H,4H2,(H,16,21,22)/t6-,7-,8+,10-/m1/s1. The number of aromatic amines is 1. The van der Waals surface area contributed by atoms with E-state index in [4.69, 9.17) is 9.84 Å². The topological polar surface area (TPSA) is 125 Å². The number of aromatic nitrogens is 2. The van der Waals surface area contributed by atoms with Gasteiger partial charge in [0.05, 0.1) is 12.2 Å². The third-order valence-electron chi connectivity index (χ3n) is 3.24. The van der Waals surface area contributed by atoms with Gasteiger partial charge in [-0.1, -0.05) is 0 Å². The first kappa shape index (κ1) is 17.4. The number of H-pyrrole nitrogens is 1. The van der Waals surface area contributed by atoms with Crippen LogP contribution >= 0.6 is 0 Å². The lowest BCUT2D eigenvalue weighted by Crippen LogP contribution is -2.38. The molecule has 4 N–H and O–H groups in total. The zero-order valence-electron chi connectivity index (χ0n) is 11.4. The molecule has 2 heterocycles. The van der Waals surface area contributed by atoms with Crippen LogP contribution in [-0.2, 0) is 4.74 Å². The largest absolute Gasteiger partial charge is 0.409 e. The lowest BCUT2D eigenvalue weighted by atomic mass is 10.1. The molecule has 1 saturated heterocycles. The minimum atomic E-state index is -4.66. The summed E-state index contributed by atoms with van der Waals surface area (Å²) in [7, 11) is 0. The van der Waals surface area contributed by atoms with Gasteiger partial charge in [-0.25, -0.2) is 4.79 Å². The van der Waals surface area contributed by atoms with Crippen molar-refractivity contribution < 1.29 is 33.2 Å². The van der Waals surface area contributed by atoms with Crippen molar-refractivity contribution in [2.24, 2.45) is 0 Å². The molecule has 0 unspecified atom stereocenters. The van der Waals surface area contributed by atoms with Gasteiger partial charge in [0.1, 0.15) is 18.3 Å². The molecule has 1 aromatic rings. The second kappa shape index (κ2) is 6.28. The number of aliphatic hydroxyl groups excluding tert-OH is 3. The lowest BCUT2D eigenvalue weighted by molar-refractivity contribution is -0.0790. The highest BCUT2D eigenvalue weighted by molar-refractivity contribution is 5.47. The summed E-state index contributed by atoms with van der Waals surface area (Å²) < 4.78 is 42.2. The molecule has 0 spiro atoms. The van der Waals surface area contributed by atoms with Crippen LogP contribution in [0.5, 0.6) is 0 Å². The van der Waals surface area contributed by atoms with Crippen molar-refractivity contribution in [3.05, 3.63) is 38.7 Å². The van der Waals surface area contributed by atoms with E-state index in [-0.39, 0.29) is 6.08 Å². The second-order valence-electron chi connectivity index (χ2n) is 4.85. The maximum absolute atomic E-state index is 12.2. The Morgan fingerprint density at radius 3 is 2.48 bits per heavy atom. The molecule has 1 aliphatic heterocycles. The minimum Gasteiger partial charge on any atom is -0.394 e. The maximum atomic E-state index is 12.2. The molecule has 1 aromatic heterocycles. The third-order valence-corrected chi connectivity index (χ3v) is 3.24. The highest BCUT2D eigenvalue weighted by Gasteiger charge is 2.43. The minimum absolute atomic E-state index is 0.191. The Morgan fingerprint density at radius 1 is 1.30 bits per heavy atom. The van der Waals surface area contributed by atoms with Crippen LogP contribution in [0.3, 0.4) is 0 Å². The zero-order chi connectivity index (χ0) is 17.4. The zero-order valence-corrected chi connectivity index (χ0v) is 11.4. The van der Waals surface area contributed by atoms with Gasteiger partial charge in [0.15, 0.2) is 6.23 Å². The molecular formula is C12H13F3N2O6. The fourth-order valence-corrected chi connectivity index (χ4v) is 2.10. The molecule has 0 amide bonds. The molecule has 0 saturated carbocycles. The maximum Gasteiger partial charge on any atom is 0.409 e. The number of allylic oxidation sites excluding steroid dienone is 1. The molecule has 23 heavy (non-hydrogen) atoms. The van der Waals surface area contributed by atoms with E-state index < -0.39 is 54.1 Å². The summed E-state index contributed by atoms with van der Waals surface area (Å²) in [5, 5.41) is 28.4. The summed E-state index contributed by atoms with van der Waals surface area (Å²) >= 11 is 0. The normalized spacial score (nSPS) is 28.6. The summed E-state index contributed by atoms with van der Waals surface area (Å²) in [6, 6.07) is 0. The van der Waals surface area contributed by atoms with E-state index >= 15 is 0 Å². The van der Waals surface area contributed by atoms with Crippen LogP contribution in [0.25, 0.3) is 6.08 Å². The average Bonchev–Trinajstić information content (AvgIpc) is 2.73. The molecule has 0 aromatic carbocycles. The van der Waals surface area contributed by atoms with E-state index in [0.717, 1.165) is 6.20 Å². The molecule has 2 rings (SSSR count). The molecule has 8 nitrogen and oxygen atoms in total. The molecule has 1 aliphatic rings. The summed E-state index contributed by atoms with van der Waals surface area (Å²) in [5.41, 5.74) is -2.60. The number of nitrogens with zero attached hydrogens (tertiary/aromatic N) is 1. The Balaban J connectivity index is 2.42. The number of ether oxygens (including phenoxy) is 1.